The molecular formula is C10H20N2. The van der Waals surface area contributed by atoms with Gasteiger partial charge < -0.3 is 10.6 Å². The summed E-state index contributed by atoms with van der Waals surface area (Å²) in [5, 5.41) is 7.22. The molecule has 0 unspecified atom stereocenters. The zero-order valence-electron chi connectivity index (χ0n) is 7.81. The van der Waals surface area contributed by atoms with Crippen molar-refractivity contribution in [1.82, 2.24) is 10.6 Å². The first-order valence-corrected chi connectivity index (χ1v) is 5.41. The molecule has 0 aromatic rings. The van der Waals surface area contributed by atoms with E-state index >= 15 is 0 Å². The van der Waals surface area contributed by atoms with Crippen LogP contribution >= 0.6 is 0 Å². The SMILES string of the molecule is C1CC[C@H]2CNCCC[C@@H]2NC1. The van der Waals surface area contributed by atoms with Crippen LogP contribution in [0.4, 0.5) is 0 Å². The summed E-state index contributed by atoms with van der Waals surface area (Å²) < 4.78 is 0. The lowest BCUT2D eigenvalue weighted by Crippen LogP contribution is -2.37. The molecule has 0 aliphatic carbocycles. The van der Waals surface area contributed by atoms with Crippen LogP contribution in [0.3, 0.4) is 0 Å². The van der Waals surface area contributed by atoms with Gasteiger partial charge >= 0.3 is 0 Å². The van der Waals surface area contributed by atoms with Gasteiger partial charge in [-0.15, -0.1) is 0 Å². The molecule has 0 aromatic carbocycles. The average Bonchev–Trinajstić information content (AvgIpc) is 2.38. The summed E-state index contributed by atoms with van der Waals surface area (Å²) in [6.07, 6.45) is 6.99. The maximum Gasteiger partial charge on any atom is 0.0108 e. The number of rotatable bonds is 0. The quantitative estimate of drug-likeness (QED) is 0.566. The molecule has 2 atom stereocenters. The molecule has 2 aliphatic rings. The molecule has 12 heavy (non-hydrogen) atoms. The van der Waals surface area contributed by atoms with Crippen molar-refractivity contribution >= 4 is 0 Å². The molecule has 2 fully saturated rings. The highest BCUT2D eigenvalue weighted by atomic mass is 15.0. The molecule has 0 bridgehead atoms. The molecule has 2 heterocycles. The van der Waals surface area contributed by atoms with Gasteiger partial charge in [-0.25, -0.2) is 0 Å². The van der Waals surface area contributed by atoms with Crippen LogP contribution in [-0.4, -0.2) is 25.7 Å². The van der Waals surface area contributed by atoms with Crippen molar-refractivity contribution in [2.45, 2.75) is 38.1 Å². The fraction of sp³-hybridized carbons (Fsp3) is 1.00. The molecule has 0 radical (unpaired) electrons. The summed E-state index contributed by atoms with van der Waals surface area (Å²) in [6.45, 7) is 3.73. The Morgan fingerprint density at radius 3 is 2.92 bits per heavy atom. The maximum absolute atomic E-state index is 3.68. The normalized spacial score (nSPS) is 38.0. The third-order valence-electron chi connectivity index (χ3n) is 3.25. The van der Waals surface area contributed by atoms with Crippen LogP contribution in [0.5, 0.6) is 0 Å². The van der Waals surface area contributed by atoms with Gasteiger partial charge in [-0.2, -0.15) is 0 Å². The van der Waals surface area contributed by atoms with Crippen molar-refractivity contribution in [3.8, 4) is 0 Å². The van der Waals surface area contributed by atoms with Crippen molar-refractivity contribution in [2.75, 3.05) is 19.6 Å². The predicted octanol–water partition coefficient (Wildman–Crippen LogP) is 1.13. The van der Waals surface area contributed by atoms with Gasteiger partial charge in [0.05, 0.1) is 0 Å². The van der Waals surface area contributed by atoms with E-state index in [1.54, 1.807) is 0 Å². The van der Waals surface area contributed by atoms with Gasteiger partial charge in [-0.3, -0.25) is 0 Å². The zero-order chi connectivity index (χ0) is 8.23. The lowest BCUT2D eigenvalue weighted by Gasteiger charge is -2.22. The number of hydrogen-bond donors (Lipinski definition) is 2. The van der Waals surface area contributed by atoms with Gasteiger partial charge in [-0.1, -0.05) is 6.42 Å². The van der Waals surface area contributed by atoms with Gasteiger partial charge in [0, 0.05) is 6.04 Å². The first-order valence-electron chi connectivity index (χ1n) is 5.41. The van der Waals surface area contributed by atoms with Gasteiger partial charge in [0.1, 0.15) is 0 Å². The highest BCUT2D eigenvalue weighted by Crippen LogP contribution is 2.20. The Morgan fingerprint density at radius 1 is 0.917 bits per heavy atom. The smallest absolute Gasteiger partial charge is 0.0108 e. The third-order valence-corrected chi connectivity index (χ3v) is 3.25. The Labute approximate surface area is 75.1 Å². The van der Waals surface area contributed by atoms with Gasteiger partial charge in [-0.05, 0) is 51.2 Å². The molecule has 2 saturated heterocycles. The monoisotopic (exact) mass is 168 g/mol. The molecule has 2 N–H and O–H groups in total. The van der Waals surface area contributed by atoms with E-state index in [-0.39, 0.29) is 0 Å². The van der Waals surface area contributed by atoms with Gasteiger partial charge in [0.15, 0.2) is 0 Å². The lowest BCUT2D eigenvalue weighted by atomic mass is 9.93. The Kier molecular flexibility index (Phi) is 3.01. The Hall–Kier alpha value is -0.0800. The Bertz CT molecular complexity index is 108. The second-order valence-corrected chi connectivity index (χ2v) is 4.16. The van der Waals surface area contributed by atoms with E-state index in [0.29, 0.717) is 0 Å². The Morgan fingerprint density at radius 2 is 1.92 bits per heavy atom. The first kappa shape index (κ1) is 8.52. The van der Waals surface area contributed by atoms with Crippen LogP contribution in [0, 0.1) is 5.92 Å². The van der Waals surface area contributed by atoms with Crippen LogP contribution in [0.15, 0.2) is 0 Å². The number of hydrogen-bond acceptors (Lipinski definition) is 2. The second-order valence-electron chi connectivity index (χ2n) is 4.16. The summed E-state index contributed by atoms with van der Waals surface area (Å²) in [6, 6.07) is 0.822. The zero-order valence-corrected chi connectivity index (χ0v) is 7.81. The van der Waals surface area contributed by atoms with Crippen LogP contribution in [-0.2, 0) is 0 Å². The van der Waals surface area contributed by atoms with Gasteiger partial charge in [0.2, 0.25) is 0 Å². The summed E-state index contributed by atoms with van der Waals surface area (Å²) in [5.41, 5.74) is 0. The summed E-state index contributed by atoms with van der Waals surface area (Å²) in [7, 11) is 0. The largest absolute Gasteiger partial charge is 0.316 e. The van der Waals surface area contributed by atoms with Crippen LogP contribution in [0.2, 0.25) is 0 Å². The van der Waals surface area contributed by atoms with E-state index in [1.165, 1.54) is 51.7 Å². The molecule has 2 rings (SSSR count). The predicted molar refractivity (Wildman–Crippen MR) is 51.2 cm³/mol. The van der Waals surface area contributed by atoms with Crippen molar-refractivity contribution in [3.05, 3.63) is 0 Å². The van der Waals surface area contributed by atoms with E-state index in [1.807, 2.05) is 0 Å². The molecule has 2 nitrogen and oxygen atoms in total. The summed E-state index contributed by atoms with van der Waals surface area (Å²) in [4.78, 5) is 0. The molecule has 0 amide bonds. The van der Waals surface area contributed by atoms with Crippen molar-refractivity contribution < 1.29 is 0 Å². The van der Waals surface area contributed by atoms with Crippen molar-refractivity contribution in [2.24, 2.45) is 5.92 Å². The van der Waals surface area contributed by atoms with E-state index < -0.39 is 0 Å². The summed E-state index contributed by atoms with van der Waals surface area (Å²) in [5.74, 6) is 0.912. The summed E-state index contributed by atoms with van der Waals surface area (Å²) >= 11 is 0. The molecule has 0 spiro atoms. The van der Waals surface area contributed by atoms with E-state index in [2.05, 4.69) is 10.6 Å². The topological polar surface area (TPSA) is 24.1 Å². The van der Waals surface area contributed by atoms with Crippen molar-refractivity contribution in [3.63, 3.8) is 0 Å². The van der Waals surface area contributed by atoms with Crippen LogP contribution in [0.1, 0.15) is 32.1 Å². The molecule has 0 aromatic heterocycles. The fourth-order valence-electron chi connectivity index (χ4n) is 2.50. The maximum atomic E-state index is 3.68. The van der Waals surface area contributed by atoms with Gasteiger partial charge in [0.25, 0.3) is 0 Å². The molecule has 2 aliphatic heterocycles. The average molecular weight is 168 g/mol. The molecule has 70 valence electrons. The number of fused-ring (bicyclic) bond motifs is 1. The highest BCUT2D eigenvalue weighted by molar-refractivity contribution is 4.83. The minimum absolute atomic E-state index is 0.822. The highest BCUT2D eigenvalue weighted by Gasteiger charge is 2.24. The first-order chi connectivity index (χ1) is 5.97. The molecule has 0 saturated carbocycles. The number of nitrogens with one attached hydrogen (secondary N) is 2. The minimum Gasteiger partial charge on any atom is -0.316 e. The molecular weight excluding hydrogens is 148 g/mol. The Balaban J connectivity index is 1.94. The third kappa shape index (κ3) is 1.99. The lowest BCUT2D eigenvalue weighted by molar-refractivity contribution is 0.357. The standard InChI is InChI=1S/C10H20N2/c1-2-7-12-10-5-3-6-11-8-9(10)4-1/h9-12H,1-8H2/t9-,10-/m0/s1. The van der Waals surface area contributed by atoms with E-state index in [4.69, 9.17) is 0 Å². The van der Waals surface area contributed by atoms with Crippen molar-refractivity contribution in [1.29, 1.82) is 0 Å². The fourth-order valence-corrected chi connectivity index (χ4v) is 2.50. The van der Waals surface area contributed by atoms with E-state index in [0.717, 1.165) is 12.0 Å². The molecule has 2 heteroatoms. The van der Waals surface area contributed by atoms with E-state index in [9.17, 15) is 0 Å². The van der Waals surface area contributed by atoms with Crippen LogP contribution < -0.4 is 10.6 Å². The van der Waals surface area contributed by atoms with Crippen LogP contribution in [0.25, 0.3) is 0 Å². The second kappa shape index (κ2) is 4.24. The minimum atomic E-state index is 0.822.